The Morgan fingerprint density at radius 2 is 2.00 bits per heavy atom. The fraction of sp³-hybridized carbons (Fsp3) is 0.308. The monoisotopic (exact) mass is 233 g/mol. The number of fused-ring (bicyclic) bond motifs is 1. The smallest absolute Gasteiger partial charge is 0.338 e. The number of hydrogen-bond acceptors (Lipinski definition) is 2. The molecule has 0 aliphatic heterocycles. The van der Waals surface area contributed by atoms with Crippen LogP contribution in [0.3, 0.4) is 0 Å². The standard InChI is InChI=1S/C13H15NO3/c1-7-5-9(17-4)6-10-11(13(15)16)8(2)14(3)12(7)10/h5-6H,1-4H3,(H,15,16). The number of aryl methyl sites for hydroxylation is 2. The predicted molar refractivity (Wildman–Crippen MR) is 65.9 cm³/mol. The third-order valence-electron chi connectivity index (χ3n) is 3.19. The van der Waals surface area contributed by atoms with Crippen molar-refractivity contribution in [3.05, 3.63) is 29.0 Å². The number of carboxylic acids is 1. The summed E-state index contributed by atoms with van der Waals surface area (Å²) in [6.45, 7) is 3.77. The van der Waals surface area contributed by atoms with Crippen LogP contribution in [0.1, 0.15) is 21.6 Å². The van der Waals surface area contributed by atoms with Gasteiger partial charge < -0.3 is 14.4 Å². The first-order chi connectivity index (χ1) is 7.97. The second-order valence-electron chi connectivity index (χ2n) is 4.17. The first-order valence-electron chi connectivity index (χ1n) is 5.34. The number of rotatable bonds is 2. The average molecular weight is 233 g/mol. The summed E-state index contributed by atoms with van der Waals surface area (Å²) >= 11 is 0. The van der Waals surface area contributed by atoms with Crippen molar-refractivity contribution in [3.63, 3.8) is 0 Å². The van der Waals surface area contributed by atoms with Crippen molar-refractivity contribution in [1.82, 2.24) is 4.57 Å². The first kappa shape index (κ1) is 11.5. The number of hydrogen-bond donors (Lipinski definition) is 1. The van der Waals surface area contributed by atoms with Gasteiger partial charge in [-0.15, -0.1) is 0 Å². The fourth-order valence-corrected chi connectivity index (χ4v) is 2.30. The summed E-state index contributed by atoms with van der Waals surface area (Å²) in [5.74, 6) is -0.219. The highest BCUT2D eigenvalue weighted by Gasteiger charge is 2.19. The largest absolute Gasteiger partial charge is 0.497 e. The van der Waals surface area contributed by atoms with Gasteiger partial charge in [-0.05, 0) is 31.5 Å². The van der Waals surface area contributed by atoms with Crippen LogP contribution in [0, 0.1) is 13.8 Å². The van der Waals surface area contributed by atoms with E-state index >= 15 is 0 Å². The molecule has 0 fully saturated rings. The number of aromatic nitrogens is 1. The Kier molecular flexibility index (Phi) is 2.58. The van der Waals surface area contributed by atoms with Crippen LogP contribution in [-0.2, 0) is 7.05 Å². The number of nitrogens with zero attached hydrogens (tertiary/aromatic N) is 1. The van der Waals surface area contributed by atoms with E-state index in [0.717, 1.165) is 22.2 Å². The van der Waals surface area contributed by atoms with E-state index in [-0.39, 0.29) is 0 Å². The molecular formula is C13H15NO3. The molecule has 0 spiro atoms. The van der Waals surface area contributed by atoms with Crippen LogP contribution in [0.5, 0.6) is 5.75 Å². The molecule has 0 amide bonds. The lowest BCUT2D eigenvalue weighted by molar-refractivity contribution is 0.0698. The van der Waals surface area contributed by atoms with Gasteiger partial charge in [0, 0.05) is 18.1 Å². The molecular weight excluding hydrogens is 218 g/mol. The van der Waals surface area contributed by atoms with Gasteiger partial charge >= 0.3 is 5.97 Å². The lowest BCUT2D eigenvalue weighted by atomic mass is 10.1. The maximum atomic E-state index is 11.3. The third kappa shape index (κ3) is 1.56. The maximum Gasteiger partial charge on any atom is 0.338 e. The first-order valence-corrected chi connectivity index (χ1v) is 5.34. The summed E-state index contributed by atoms with van der Waals surface area (Å²) in [5.41, 5.74) is 3.06. The number of carboxylic acid groups (broad SMARTS) is 1. The summed E-state index contributed by atoms with van der Waals surface area (Å²) < 4.78 is 7.10. The van der Waals surface area contributed by atoms with Crippen molar-refractivity contribution in [2.45, 2.75) is 13.8 Å². The Morgan fingerprint density at radius 3 is 2.53 bits per heavy atom. The van der Waals surface area contributed by atoms with Gasteiger partial charge in [0.25, 0.3) is 0 Å². The van der Waals surface area contributed by atoms with Crippen LogP contribution in [0.15, 0.2) is 12.1 Å². The van der Waals surface area contributed by atoms with Crippen LogP contribution >= 0.6 is 0 Å². The molecule has 17 heavy (non-hydrogen) atoms. The van der Waals surface area contributed by atoms with E-state index in [1.807, 2.05) is 31.5 Å². The Labute approximate surface area is 99.4 Å². The quantitative estimate of drug-likeness (QED) is 0.867. The second kappa shape index (κ2) is 3.80. The highest BCUT2D eigenvalue weighted by Crippen LogP contribution is 2.31. The molecule has 2 aromatic rings. The fourth-order valence-electron chi connectivity index (χ4n) is 2.30. The Hall–Kier alpha value is -1.97. The Bertz CT molecular complexity index is 611. The van der Waals surface area contributed by atoms with Gasteiger partial charge in [-0.2, -0.15) is 0 Å². The third-order valence-corrected chi connectivity index (χ3v) is 3.19. The zero-order valence-electron chi connectivity index (χ0n) is 10.4. The number of aromatic carboxylic acids is 1. The van der Waals surface area contributed by atoms with E-state index in [4.69, 9.17) is 4.74 Å². The molecule has 1 aromatic carbocycles. The molecule has 0 unspecified atom stereocenters. The van der Waals surface area contributed by atoms with Crippen molar-refractivity contribution in [2.24, 2.45) is 7.05 Å². The molecule has 0 aliphatic rings. The predicted octanol–water partition coefficient (Wildman–Crippen LogP) is 2.50. The van der Waals surface area contributed by atoms with Crippen LogP contribution in [0.25, 0.3) is 10.9 Å². The van der Waals surface area contributed by atoms with Crippen molar-refractivity contribution in [2.75, 3.05) is 7.11 Å². The topological polar surface area (TPSA) is 51.5 Å². The van der Waals surface area contributed by atoms with Crippen molar-refractivity contribution >= 4 is 16.9 Å². The van der Waals surface area contributed by atoms with E-state index in [1.54, 1.807) is 13.2 Å². The van der Waals surface area contributed by atoms with Crippen molar-refractivity contribution in [1.29, 1.82) is 0 Å². The molecule has 0 atom stereocenters. The normalized spacial score (nSPS) is 10.8. The van der Waals surface area contributed by atoms with Gasteiger partial charge in [0.1, 0.15) is 5.75 Å². The molecule has 4 nitrogen and oxygen atoms in total. The average Bonchev–Trinajstić information content (AvgIpc) is 2.51. The summed E-state index contributed by atoms with van der Waals surface area (Å²) in [4.78, 5) is 11.3. The highest BCUT2D eigenvalue weighted by molar-refractivity contribution is 6.06. The van der Waals surface area contributed by atoms with Crippen LogP contribution in [0.4, 0.5) is 0 Å². The van der Waals surface area contributed by atoms with E-state index in [9.17, 15) is 9.90 Å². The van der Waals surface area contributed by atoms with Crippen molar-refractivity contribution in [3.8, 4) is 5.75 Å². The van der Waals surface area contributed by atoms with Crippen LogP contribution < -0.4 is 4.74 Å². The zero-order valence-corrected chi connectivity index (χ0v) is 10.4. The molecule has 4 heteroatoms. The number of benzene rings is 1. The Morgan fingerprint density at radius 1 is 1.35 bits per heavy atom. The van der Waals surface area contributed by atoms with Gasteiger partial charge in [0.2, 0.25) is 0 Å². The summed E-state index contributed by atoms with van der Waals surface area (Å²) in [7, 11) is 3.46. The molecule has 0 saturated carbocycles. The summed E-state index contributed by atoms with van der Waals surface area (Å²) in [6.07, 6.45) is 0. The van der Waals surface area contributed by atoms with Gasteiger partial charge in [-0.3, -0.25) is 0 Å². The molecule has 1 aromatic heterocycles. The lowest BCUT2D eigenvalue weighted by Gasteiger charge is -2.05. The van der Waals surface area contributed by atoms with Gasteiger partial charge in [0.15, 0.2) is 0 Å². The molecule has 1 N–H and O–H groups in total. The van der Waals surface area contributed by atoms with E-state index in [0.29, 0.717) is 11.3 Å². The van der Waals surface area contributed by atoms with Gasteiger partial charge in [0.05, 0.1) is 18.2 Å². The van der Waals surface area contributed by atoms with E-state index in [2.05, 4.69) is 0 Å². The zero-order chi connectivity index (χ0) is 12.7. The minimum Gasteiger partial charge on any atom is -0.497 e. The molecule has 1 heterocycles. The van der Waals surface area contributed by atoms with Gasteiger partial charge in [-0.25, -0.2) is 4.79 Å². The SMILES string of the molecule is COc1cc(C)c2c(c1)c(C(=O)O)c(C)n2C. The minimum absolute atomic E-state index is 0.351. The van der Waals surface area contributed by atoms with Crippen LogP contribution in [-0.4, -0.2) is 22.8 Å². The summed E-state index contributed by atoms with van der Waals surface area (Å²) in [5, 5.41) is 10.0. The second-order valence-corrected chi connectivity index (χ2v) is 4.17. The molecule has 0 saturated heterocycles. The van der Waals surface area contributed by atoms with Crippen molar-refractivity contribution < 1.29 is 14.6 Å². The Balaban J connectivity index is 2.95. The van der Waals surface area contributed by atoms with Gasteiger partial charge in [-0.1, -0.05) is 0 Å². The highest BCUT2D eigenvalue weighted by atomic mass is 16.5. The number of carbonyl (C=O) groups is 1. The minimum atomic E-state index is -0.902. The molecule has 2 rings (SSSR count). The van der Waals surface area contributed by atoms with E-state index < -0.39 is 5.97 Å². The molecule has 90 valence electrons. The molecule has 0 aliphatic carbocycles. The van der Waals surface area contributed by atoms with E-state index in [1.165, 1.54) is 0 Å². The lowest BCUT2D eigenvalue weighted by Crippen LogP contribution is -1.99. The maximum absolute atomic E-state index is 11.3. The van der Waals surface area contributed by atoms with Crippen LogP contribution in [0.2, 0.25) is 0 Å². The molecule has 0 bridgehead atoms. The molecule has 0 radical (unpaired) electrons. The summed E-state index contributed by atoms with van der Waals surface area (Å²) in [6, 6.07) is 3.69. The number of methoxy groups -OCH3 is 1. The number of ether oxygens (including phenoxy) is 1.